The van der Waals surface area contributed by atoms with Crippen LogP contribution in [-0.2, 0) is 4.74 Å². The van der Waals surface area contributed by atoms with Crippen LogP contribution in [0.5, 0.6) is 0 Å². The standard InChI is InChI=1S/C17H33N3O/c1-3-18-17(20-12-6-8-15(2)14-20)19-11-7-13-21-16-9-4-5-10-16/h15-16H,3-14H2,1-2H3,(H,18,19). The minimum absolute atomic E-state index is 0.533. The number of nitrogens with zero attached hydrogens (tertiary/aromatic N) is 2. The van der Waals surface area contributed by atoms with Crippen LogP contribution in [0.3, 0.4) is 0 Å². The molecule has 2 aliphatic rings. The van der Waals surface area contributed by atoms with Crippen LogP contribution >= 0.6 is 0 Å². The van der Waals surface area contributed by atoms with Crippen molar-refractivity contribution in [1.82, 2.24) is 10.2 Å². The SMILES string of the molecule is CCNC(=NCCCOC1CCCC1)N1CCCC(C)C1. The highest BCUT2D eigenvalue weighted by Crippen LogP contribution is 2.20. The van der Waals surface area contributed by atoms with Crippen molar-refractivity contribution in [3.8, 4) is 0 Å². The van der Waals surface area contributed by atoms with Crippen LogP contribution in [0.15, 0.2) is 4.99 Å². The van der Waals surface area contributed by atoms with Gasteiger partial charge in [-0.15, -0.1) is 0 Å². The van der Waals surface area contributed by atoms with Crippen molar-refractivity contribution in [1.29, 1.82) is 0 Å². The van der Waals surface area contributed by atoms with E-state index in [0.717, 1.165) is 51.1 Å². The van der Waals surface area contributed by atoms with E-state index in [4.69, 9.17) is 9.73 Å². The molecular formula is C17H33N3O. The second-order valence-corrected chi connectivity index (χ2v) is 6.56. The van der Waals surface area contributed by atoms with Crippen molar-refractivity contribution in [3.63, 3.8) is 0 Å². The Kier molecular flexibility index (Phi) is 7.34. The van der Waals surface area contributed by atoms with Crippen LogP contribution in [0.25, 0.3) is 0 Å². The maximum Gasteiger partial charge on any atom is 0.193 e. The van der Waals surface area contributed by atoms with Gasteiger partial charge >= 0.3 is 0 Å². The fourth-order valence-corrected chi connectivity index (χ4v) is 3.36. The zero-order chi connectivity index (χ0) is 14.9. The van der Waals surface area contributed by atoms with Gasteiger partial charge in [-0.25, -0.2) is 0 Å². The Bertz CT molecular complexity index is 313. The van der Waals surface area contributed by atoms with E-state index >= 15 is 0 Å². The first-order chi connectivity index (χ1) is 10.3. The van der Waals surface area contributed by atoms with Gasteiger partial charge in [0.2, 0.25) is 0 Å². The summed E-state index contributed by atoms with van der Waals surface area (Å²) in [7, 11) is 0. The predicted octanol–water partition coefficient (Wildman–Crippen LogP) is 3.03. The maximum atomic E-state index is 5.90. The molecule has 2 rings (SSSR count). The number of likely N-dealkylation sites (tertiary alicyclic amines) is 1. The van der Waals surface area contributed by atoms with Crippen molar-refractivity contribution < 1.29 is 4.74 Å². The summed E-state index contributed by atoms with van der Waals surface area (Å²) in [5, 5.41) is 3.44. The molecule has 0 spiro atoms. The Morgan fingerprint density at radius 1 is 1.24 bits per heavy atom. The van der Waals surface area contributed by atoms with Crippen molar-refractivity contribution in [2.24, 2.45) is 10.9 Å². The molecule has 2 fully saturated rings. The molecule has 0 aromatic heterocycles. The normalized spacial score (nSPS) is 24.6. The third-order valence-electron chi connectivity index (χ3n) is 4.51. The summed E-state index contributed by atoms with van der Waals surface area (Å²) in [6.45, 7) is 9.46. The zero-order valence-electron chi connectivity index (χ0n) is 13.9. The van der Waals surface area contributed by atoms with Gasteiger partial charge in [-0.05, 0) is 44.9 Å². The summed E-state index contributed by atoms with van der Waals surface area (Å²) < 4.78 is 5.90. The van der Waals surface area contributed by atoms with E-state index in [0.29, 0.717) is 6.10 Å². The molecule has 1 N–H and O–H groups in total. The smallest absolute Gasteiger partial charge is 0.193 e. The van der Waals surface area contributed by atoms with E-state index in [-0.39, 0.29) is 0 Å². The van der Waals surface area contributed by atoms with E-state index in [1.54, 1.807) is 0 Å². The fourth-order valence-electron chi connectivity index (χ4n) is 3.36. The third kappa shape index (κ3) is 5.85. The fraction of sp³-hybridized carbons (Fsp3) is 0.941. The summed E-state index contributed by atoms with van der Waals surface area (Å²) in [6, 6.07) is 0. The molecule has 1 saturated heterocycles. The summed E-state index contributed by atoms with van der Waals surface area (Å²) in [5.41, 5.74) is 0. The molecule has 4 nitrogen and oxygen atoms in total. The van der Waals surface area contributed by atoms with Gasteiger partial charge in [0.15, 0.2) is 5.96 Å². The van der Waals surface area contributed by atoms with Crippen LogP contribution in [-0.4, -0.2) is 49.7 Å². The number of ether oxygens (including phenoxy) is 1. The largest absolute Gasteiger partial charge is 0.378 e. The highest BCUT2D eigenvalue weighted by atomic mass is 16.5. The van der Waals surface area contributed by atoms with Gasteiger partial charge in [0.05, 0.1) is 6.10 Å². The Balaban J connectivity index is 1.69. The van der Waals surface area contributed by atoms with Crippen LogP contribution in [0.4, 0.5) is 0 Å². The van der Waals surface area contributed by atoms with E-state index in [1.807, 2.05) is 0 Å². The lowest BCUT2D eigenvalue weighted by atomic mass is 10.0. The van der Waals surface area contributed by atoms with Gasteiger partial charge in [0.25, 0.3) is 0 Å². The summed E-state index contributed by atoms with van der Waals surface area (Å²) in [5.74, 6) is 1.89. The highest BCUT2D eigenvalue weighted by molar-refractivity contribution is 5.80. The second kappa shape index (κ2) is 9.29. The Hall–Kier alpha value is -0.770. The van der Waals surface area contributed by atoms with Crippen LogP contribution in [0.1, 0.15) is 58.8 Å². The molecule has 1 unspecified atom stereocenters. The topological polar surface area (TPSA) is 36.9 Å². The average Bonchev–Trinajstić information content (AvgIpc) is 2.99. The van der Waals surface area contributed by atoms with Crippen LogP contribution in [0, 0.1) is 5.92 Å². The Labute approximate surface area is 130 Å². The molecule has 4 heteroatoms. The van der Waals surface area contributed by atoms with Gasteiger partial charge < -0.3 is 15.0 Å². The molecule has 122 valence electrons. The zero-order valence-corrected chi connectivity index (χ0v) is 13.9. The number of hydrogen-bond donors (Lipinski definition) is 1. The van der Waals surface area contributed by atoms with Gasteiger partial charge in [0.1, 0.15) is 0 Å². The molecule has 0 amide bonds. The molecule has 0 radical (unpaired) electrons. The number of rotatable bonds is 6. The number of hydrogen-bond acceptors (Lipinski definition) is 2. The Morgan fingerprint density at radius 3 is 2.76 bits per heavy atom. The molecule has 0 aromatic carbocycles. The summed E-state index contributed by atoms with van der Waals surface area (Å²) in [6.07, 6.45) is 9.43. The minimum atomic E-state index is 0.533. The highest BCUT2D eigenvalue weighted by Gasteiger charge is 2.19. The molecule has 1 heterocycles. The first-order valence-electron chi connectivity index (χ1n) is 8.94. The second-order valence-electron chi connectivity index (χ2n) is 6.56. The lowest BCUT2D eigenvalue weighted by Crippen LogP contribution is -2.46. The van der Waals surface area contributed by atoms with Crippen molar-refractivity contribution in [2.75, 3.05) is 32.8 Å². The van der Waals surface area contributed by atoms with Crippen molar-refractivity contribution >= 4 is 5.96 Å². The quantitative estimate of drug-likeness (QED) is 0.465. The molecular weight excluding hydrogens is 262 g/mol. The van der Waals surface area contributed by atoms with E-state index in [2.05, 4.69) is 24.1 Å². The van der Waals surface area contributed by atoms with Crippen LogP contribution < -0.4 is 5.32 Å². The first kappa shape index (κ1) is 16.6. The first-order valence-corrected chi connectivity index (χ1v) is 8.94. The number of nitrogens with one attached hydrogen (secondary N) is 1. The molecule has 1 aliphatic heterocycles. The van der Waals surface area contributed by atoms with E-state index in [9.17, 15) is 0 Å². The number of guanidine groups is 1. The molecule has 1 aliphatic carbocycles. The van der Waals surface area contributed by atoms with E-state index < -0.39 is 0 Å². The Morgan fingerprint density at radius 2 is 2.05 bits per heavy atom. The maximum absolute atomic E-state index is 5.90. The summed E-state index contributed by atoms with van der Waals surface area (Å²) in [4.78, 5) is 7.21. The average molecular weight is 295 g/mol. The van der Waals surface area contributed by atoms with E-state index in [1.165, 1.54) is 38.5 Å². The molecule has 1 saturated carbocycles. The molecule has 0 bridgehead atoms. The predicted molar refractivity (Wildman–Crippen MR) is 88.8 cm³/mol. The van der Waals surface area contributed by atoms with Gasteiger partial charge in [-0.3, -0.25) is 4.99 Å². The number of aliphatic imine (C=N–C) groups is 1. The minimum Gasteiger partial charge on any atom is -0.378 e. The molecule has 1 atom stereocenters. The molecule has 21 heavy (non-hydrogen) atoms. The third-order valence-corrected chi connectivity index (χ3v) is 4.51. The summed E-state index contributed by atoms with van der Waals surface area (Å²) >= 11 is 0. The van der Waals surface area contributed by atoms with Gasteiger partial charge in [-0.2, -0.15) is 0 Å². The van der Waals surface area contributed by atoms with Crippen molar-refractivity contribution in [3.05, 3.63) is 0 Å². The van der Waals surface area contributed by atoms with Crippen LogP contribution in [0.2, 0.25) is 0 Å². The van der Waals surface area contributed by atoms with Crippen molar-refractivity contribution in [2.45, 2.75) is 64.9 Å². The monoisotopic (exact) mass is 295 g/mol. The van der Waals surface area contributed by atoms with Gasteiger partial charge in [0, 0.05) is 32.8 Å². The van der Waals surface area contributed by atoms with Gasteiger partial charge in [-0.1, -0.05) is 19.8 Å². The lowest BCUT2D eigenvalue weighted by Gasteiger charge is -2.33. The molecule has 0 aromatic rings. The lowest BCUT2D eigenvalue weighted by molar-refractivity contribution is 0.0579. The number of piperidine rings is 1.